The van der Waals surface area contributed by atoms with Gasteiger partial charge < -0.3 is 9.72 Å². The van der Waals surface area contributed by atoms with Crippen molar-refractivity contribution in [3.8, 4) is 11.4 Å². The van der Waals surface area contributed by atoms with Crippen molar-refractivity contribution in [3.63, 3.8) is 0 Å². The molecule has 0 saturated carbocycles. The van der Waals surface area contributed by atoms with Gasteiger partial charge in [0.25, 0.3) is 0 Å². The number of carbonyl (C=O) groups is 2. The Hall–Kier alpha value is -2.95. The van der Waals surface area contributed by atoms with E-state index in [0.29, 0.717) is 28.9 Å². The van der Waals surface area contributed by atoms with Crippen LogP contribution in [0.25, 0.3) is 22.4 Å². The first kappa shape index (κ1) is 15.9. The summed E-state index contributed by atoms with van der Waals surface area (Å²) in [7, 11) is 1.35. The second-order valence-corrected chi connectivity index (χ2v) is 5.53. The fraction of sp³-hybridized carbons (Fsp3) is 0.211. The minimum absolute atomic E-state index is 0.140. The van der Waals surface area contributed by atoms with Crippen LogP contribution >= 0.6 is 0 Å². The Morgan fingerprint density at radius 1 is 1.12 bits per heavy atom. The van der Waals surface area contributed by atoms with Crippen LogP contribution in [0.2, 0.25) is 0 Å². The van der Waals surface area contributed by atoms with Gasteiger partial charge in [-0.3, -0.25) is 4.79 Å². The van der Waals surface area contributed by atoms with Gasteiger partial charge in [-0.15, -0.1) is 0 Å². The molecule has 1 heterocycles. The lowest BCUT2D eigenvalue weighted by atomic mass is 10.0. The van der Waals surface area contributed by atoms with E-state index in [4.69, 9.17) is 4.74 Å². The highest BCUT2D eigenvalue weighted by Crippen LogP contribution is 2.24. The summed E-state index contributed by atoms with van der Waals surface area (Å²) >= 11 is 0. The van der Waals surface area contributed by atoms with Gasteiger partial charge >= 0.3 is 5.97 Å². The topological polar surface area (TPSA) is 72.1 Å². The molecule has 5 nitrogen and oxygen atoms in total. The number of ether oxygens (including phenoxy) is 1. The number of aromatic amines is 1. The monoisotopic (exact) mass is 322 g/mol. The normalized spacial score (nSPS) is 10.8. The Morgan fingerprint density at radius 2 is 1.88 bits per heavy atom. The quantitative estimate of drug-likeness (QED) is 0.569. The fourth-order valence-electron chi connectivity index (χ4n) is 2.63. The summed E-state index contributed by atoms with van der Waals surface area (Å²) in [5.41, 5.74) is 3.32. The summed E-state index contributed by atoms with van der Waals surface area (Å²) < 4.78 is 4.79. The van der Waals surface area contributed by atoms with Crippen LogP contribution in [0.5, 0.6) is 0 Å². The zero-order valence-corrected chi connectivity index (χ0v) is 13.6. The standard InChI is InChI=1S/C19H18N2O3/c1-3-5-16(22)12-8-10-13(11-9-12)18-20-15-7-4-6-14(17(15)21-18)19(23)24-2/h4,6-11H,3,5H2,1-2H3,(H,20,21). The van der Waals surface area contributed by atoms with E-state index in [-0.39, 0.29) is 5.78 Å². The molecule has 0 aliphatic carbocycles. The summed E-state index contributed by atoms with van der Waals surface area (Å²) in [6.07, 6.45) is 1.38. The summed E-state index contributed by atoms with van der Waals surface area (Å²) in [6, 6.07) is 12.7. The number of Topliss-reactive ketones (excluding diaryl/α,β-unsaturated/α-hetero) is 1. The molecular formula is C19H18N2O3. The predicted molar refractivity (Wildman–Crippen MR) is 92.1 cm³/mol. The molecule has 0 aliphatic rings. The van der Waals surface area contributed by atoms with E-state index >= 15 is 0 Å². The molecule has 5 heteroatoms. The van der Waals surface area contributed by atoms with Crippen molar-refractivity contribution < 1.29 is 14.3 Å². The third kappa shape index (κ3) is 2.93. The minimum Gasteiger partial charge on any atom is -0.465 e. The third-order valence-corrected chi connectivity index (χ3v) is 3.88. The van der Waals surface area contributed by atoms with Crippen LogP contribution in [0.4, 0.5) is 0 Å². The van der Waals surface area contributed by atoms with Gasteiger partial charge in [0.15, 0.2) is 5.78 Å². The number of aromatic nitrogens is 2. The molecule has 0 fully saturated rings. The Morgan fingerprint density at radius 3 is 2.54 bits per heavy atom. The maximum Gasteiger partial charge on any atom is 0.340 e. The average Bonchev–Trinajstić information content (AvgIpc) is 3.05. The Bertz CT molecular complexity index is 895. The van der Waals surface area contributed by atoms with E-state index in [2.05, 4.69) is 9.97 Å². The zero-order chi connectivity index (χ0) is 17.1. The van der Waals surface area contributed by atoms with Crippen LogP contribution in [0.1, 0.15) is 40.5 Å². The first-order valence-corrected chi connectivity index (χ1v) is 7.84. The molecule has 0 atom stereocenters. The predicted octanol–water partition coefficient (Wildman–Crippen LogP) is 4.00. The molecule has 24 heavy (non-hydrogen) atoms. The molecule has 3 aromatic rings. The lowest BCUT2D eigenvalue weighted by Crippen LogP contribution is -2.01. The number of hydrogen-bond donors (Lipinski definition) is 1. The molecule has 2 aromatic carbocycles. The van der Waals surface area contributed by atoms with Crippen molar-refractivity contribution in [2.24, 2.45) is 0 Å². The van der Waals surface area contributed by atoms with Crippen LogP contribution in [-0.4, -0.2) is 28.8 Å². The summed E-state index contributed by atoms with van der Waals surface area (Å²) in [6.45, 7) is 1.99. The van der Waals surface area contributed by atoms with E-state index in [1.165, 1.54) is 7.11 Å². The molecule has 0 unspecified atom stereocenters. The summed E-state index contributed by atoms with van der Waals surface area (Å²) in [5.74, 6) is 0.372. The molecule has 3 rings (SSSR count). The van der Waals surface area contributed by atoms with Gasteiger partial charge in [-0.05, 0) is 18.6 Å². The highest BCUT2D eigenvalue weighted by molar-refractivity contribution is 6.02. The second-order valence-electron chi connectivity index (χ2n) is 5.53. The molecule has 0 saturated heterocycles. The maximum atomic E-state index is 11.9. The van der Waals surface area contributed by atoms with Crippen LogP contribution < -0.4 is 0 Å². The Labute approximate surface area is 139 Å². The first-order valence-electron chi connectivity index (χ1n) is 7.84. The number of nitrogens with one attached hydrogen (secondary N) is 1. The van der Waals surface area contributed by atoms with Gasteiger partial charge in [-0.25, -0.2) is 9.78 Å². The first-order chi connectivity index (χ1) is 11.6. The number of benzene rings is 2. The number of imidazole rings is 1. The number of rotatable bonds is 5. The Balaban J connectivity index is 1.98. The van der Waals surface area contributed by atoms with E-state index in [1.54, 1.807) is 12.1 Å². The second kappa shape index (κ2) is 6.66. The molecule has 0 radical (unpaired) electrons. The van der Waals surface area contributed by atoms with Crippen molar-refractivity contribution in [2.45, 2.75) is 19.8 Å². The number of carbonyl (C=O) groups excluding carboxylic acids is 2. The largest absolute Gasteiger partial charge is 0.465 e. The number of nitrogens with zero attached hydrogens (tertiary/aromatic N) is 1. The van der Waals surface area contributed by atoms with Crippen molar-refractivity contribution in [1.29, 1.82) is 0 Å². The lowest BCUT2D eigenvalue weighted by molar-refractivity contribution is 0.0602. The highest BCUT2D eigenvalue weighted by atomic mass is 16.5. The number of methoxy groups -OCH3 is 1. The minimum atomic E-state index is -0.417. The van der Waals surface area contributed by atoms with Crippen LogP contribution in [0, 0.1) is 0 Å². The van der Waals surface area contributed by atoms with E-state index in [0.717, 1.165) is 17.5 Å². The van der Waals surface area contributed by atoms with Crippen LogP contribution in [0.15, 0.2) is 42.5 Å². The molecule has 0 bridgehead atoms. The fourth-order valence-corrected chi connectivity index (χ4v) is 2.63. The van der Waals surface area contributed by atoms with Crippen molar-refractivity contribution >= 4 is 22.8 Å². The average molecular weight is 322 g/mol. The number of ketones is 1. The number of hydrogen-bond acceptors (Lipinski definition) is 4. The molecule has 1 N–H and O–H groups in total. The third-order valence-electron chi connectivity index (χ3n) is 3.88. The summed E-state index contributed by atoms with van der Waals surface area (Å²) in [4.78, 5) is 31.5. The van der Waals surface area contributed by atoms with Gasteiger partial charge in [0.2, 0.25) is 0 Å². The summed E-state index contributed by atoms with van der Waals surface area (Å²) in [5, 5.41) is 0. The molecule has 1 aromatic heterocycles. The van der Waals surface area contributed by atoms with Crippen LogP contribution in [0.3, 0.4) is 0 Å². The zero-order valence-electron chi connectivity index (χ0n) is 13.6. The molecule has 0 spiro atoms. The number of H-pyrrole nitrogens is 1. The Kier molecular flexibility index (Phi) is 4.42. The van der Waals surface area contributed by atoms with Gasteiger partial charge in [0.05, 0.1) is 18.2 Å². The highest BCUT2D eigenvalue weighted by Gasteiger charge is 2.14. The molecular weight excluding hydrogens is 304 g/mol. The number of esters is 1. The molecule has 0 aliphatic heterocycles. The number of fused-ring (bicyclic) bond motifs is 1. The molecule has 0 amide bonds. The molecule has 122 valence electrons. The lowest BCUT2D eigenvalue weighted by Gasteiger charge is -2.01. The van der Waals surface area contributed by atoms with Gasteiger partial charge in [0, 0.05) is 17.5 Å². The van der Waals surface area contributed by atoms with Crippen LogP contribution in [-0.2, 0) is 4.74 Å². The maximum absolute atomic E-state index is 11.9. The SMILES string of the molecule is CCCC(=O)c1ccc(-c2nc3c(C(=O)OC)cccc3[nH]2)cc1. The van der Waals surface area contributed by atoms with E-state index in [9.17, 15) is 9.59 Å². The van der Waals surface area contributed by atoms with E-state index in [1.807, 2.05) is 37.3 Å². The van der Waals surface area contributed by atoms with Gasteiger partial charge in [-0.2, -0.15) is 0 Å². The van der Waals surface area contributed by atoms with Crippen molar-refractivity contribution in [3.05, 3.63) is 53.6 Å². The van der Waals surface area contributed by atoms with E-state index < -0.39 is 5.97 Å². The number of para-hydroxylation sites is 1. The van der Waals surface area contributed by atoms with Gasteiger partial charge in [0.1, 0.15) is 11.3 Å². The smallest absolute Gasteiger partial charge is 0.340 e. The van der Waals surface area contributed by atoms with Crippen molar-refractivity contribution in [1.82, 2.24) is 9.97 Å². The van der Waals surface area contributed by atoms with Gasteiger partial charge in [-0.1, -0.05) is 37.3 Å². The van der Waals surface area contributed by atoms with Crippen molar-refractivity contribution in [2.75, 3.05) is 7.11 Å².